The SMILES string of the molecule is O=S(=O)(Nc1cccc(S(=O)(=O)N2CCCCC2)c1)c1ccc(Br)s1. The fourth-order valence-corrected chi connectivity index (χ4v) is 7.24. The third kappa shape index (κ3) is 4.25. The van der Waals surface area contributed by atoms with E-state index in [2.05, 4.69) is 20.7 Å². The number of rotatable bonds is 5. The van der Waals surface area contributed by atoms with Crippen molar-refractivity contribution >= 4 is 53.0 Å². The van der Waals surface area contributed by atoms with Crippen molar-refractivity contribution in [3.63, 3.8) is 0 Å². The van der Waals surface area contributed by atoms with Crippen LogP contribution in [-0.2, 0) is 20.0 Å². The number of nitrogens with one attached hydrogen (secondary N) is 1. The standard InChI is InChI=1S/C15H17BrN2O4S3/c16-14-7-8-15(23-14)24(19,20)17-12-5-4-6-13(11-12)25(21,22)18-9-2-1-3-10-18/h4-8,11,17H,1-3,9-10H2. The number of nitrogens with zero attached hydrogens (tertiary/aromatic N) is 1. The summed E-state index contributed by atoms with van der Waals surface area (Å²) in [5.41, 5.74) is 0.225. The predicted molar refractivity (Wildman–Crippen MR) is 102 cm³/mol. The molecule has 1 aliphatic heterocycles. The molecule has 2 heterocycles. The Balaban J connectivity index is 1.86. The molecule has 10 heteroatoms. The Hall–Kier alpha value is -0.940. The molecule has 1 saturated heterocycles. The van der Waals surface area contributed by atoms with Gasteiger partial charge in [-0.2, -0.15) is 4.31 Å². The summed E-state index contributed by atoms with van der Waals surface area (Å²) in [5.74, 6) is 0. The number of anilines is 1. The van der Waals surface area contributed by atoms with Gasteiger partial charge >= 0.3 is 0 Å². The summed E-state index contributed by atoms with van der Waals surface area (Å²) >= 11 is 4.32. The van der Waals surface area contributed by atoms with Gasteiger partial charge in [-0.05, 0) is 59.1 Å². The molecule has 0 bridgehead atoms. The summed E-state index contributed by atoms with van der Waals surface area (Å²) < 4.78 is 55.0. The van der Waals surface area contributed by atoms with E-state index in [1.807, 2.05) is 0 Å². The second kappa shape index (κ2) is 7.36. The van der Waals surface area contributed by atoms with Gasteiger partial charge in [0.15, 0.2) is 0 Å². The van der Waals surface area contributed by atoms with Crippen molar-refractivity contribution in [1.82, 2.24) is 4.31 Å². The minimum absolute atomic E-state index is 0.0990. The fourth-order valence-electron chi connectivity index (χ4n) is 2.62. The number of hydrogen-bond donors (Lipinski definition) is 1. The van der Waals surface area contributed by atoms with Crippen LogP contribution in [0.2, 0.25) is 0 Å². The van der Waals surface area contributed by atoms with Crippen molar-refractivity contribution in [1.29, 1.82) is 0 Å². The monoisotopic (exact) mass is 464 g/mol. The van der Waals surface area contributed by atoms with Gasteiger partial charge in [0.05, 0.1) is 14.4 Å². The quantitative estimate of drug-likeness (QED) is 0.733. The minimum atomic E-state index is -3.75. The molecule has 136 valence electrons. The van der Waals surface area contributed by atoms with E-state index in [0.717, 1.165) is 30.6 Å². The largest absolute Gasteiger partial charge is 0.279 e. The average Bonchev–Trinajstić information content (AvgIpc) is 3.03. The van der Waals surface area contributed by atoms with Gasteiger partial charge in [0, 0.05) is 13.1 Å². The van der Waals surface area contributed by atoms with E-state index in [-0.39, 0.29) is 14.8 Å². The van der Waals surface area contributed by atoms with Crippen molar-refractivity contribution in [2.24, 2.45) is 0 Å². The zero-order valence-corrected chi connectivity index (χ0v) is 17.2. The maximum atomic E-state index is 12.7. The molecule has 0 atom stereocenters. The number of hydrogen-bond acceptors (Lipinski definition) is 5. The first-order valence-electron chi connectivity index (χ1n) is 7.67. The Kier molecular flexibility index (Phi) is 5.54. The Labute approximate surface area is 160 Å². The lowest BCUT2D eigenvalue weighted by Gasteiger charge is -2.26. The van der Waals surface area contributed by atoms with Crippen molar-refractivity contribution < 1.29 is 16.8 Å². The van der Waals surface area contributed by atoms with Gasteiger partial charge in [0.1, 0.15) is 4.21 Å². The summed E-state index contributed by atoms with van der Waals surface area (Å²) in [4.78, 5) is 0.0990. The van der Waals surface area contributed by atoms with Gasteiger partial charge in [0.25, 0.3) is 10.0 Å². The zero-order valence-electron chi connectivity index (χ0n) is 13.2. The van der Waals surface area contributed by atoms with Crippen LogP contribution < -0.4 is 4.72 Å². The van der Waals surface area contributed by atoms with Crippen LogP contribution in [0.1, 0.15) is 19.3 Å². The summed E-state index contributed by atoms with van der Waals surface area (Å²) in [7, 11) is -7.36. The first kappa shape index (κ1) is 18.8. The van der Waals surface area contributed by atoms with Gasteiger partial charge in [0.2, 0.25) is 10.0 Å². The molecule has 2 aromatic rings. The van der Waals surface area contributed by atoms with Crippen molar-refractivity contribution in [3.05, 3.63) is 40.2 Å². The lowest BCUT2D eigenvalue weighted by Crippen LogP contribution is -2.35. The highest BCUT2D eigenvalue weighted by atomic mass is 79.9. The normalized spacial score (nSPS) is 16.7. The third-order valence-electron chi connectivity index (χ3n) is 3.85. The van der Waals surface area contributed by atoms with E-state index >= 15 is 0 Å². The topological polar surface area (TPSA) is 83.5 Å². The fraction of sp³-hybridized carbons (Fsp3) is 0.333. The molecule has 25 heavy (non-hydrogen) atoms. The molecule has 1 aliphatic rings. The number of thiophene rings is 1. The van der Waals surface area contributed by atoms with E-state index in [1.165, 1.54) is 28.6 Å². The predicted octanol–water partition coefficient (Wildman–Crippen LogP) is 3.49. The van der Waals surface area contributed by atoms with E-state index in [0.29, 0.717) is 16.9 Å². The Morgan fingerprint density at radius 1 is 1.00 bits per heavy atom. The smallest absolute Gasteiger partial charge is 0.271 e. The Morgan fingerprint density at radius 2 is 1.72 bits per heavy atom. The van der Waals surface area contributed by atoms with Crippen LogP contribution in [0.15, 0.2) is 49.3 Å². The number of halogens is 1. The second-order valence-electron chi connectivity index (χ2n) is 5.66. The van der Waals surface area contributed by atoms with Gasteiger partial charge in [-0.25, -0.2) is 16.8 Å². The Bertz CT molecular complexity index is 964. The van der Waals surface area contributed by atoms with Crippen LogP contribution >= 0.6 is 27.3 Å². The number of sulfonamides is 2. The molecule has 3 rings (SSSR count). The molecule has 1 fully saturated rings. The van der Waals surface area contributed by atoms with Crippen molar-refractivity contribution in [2.45, 2.75) is 28.4 Å². The van der Waals surface area contributed by atoms with Gasteiger partial charge in [-0.15, -0.1) is 11.3 Å². The maximum Gasteiger partial charge on any atom is 0.271 e. The van der Waals surface area contributed by atoms with Crippen LogP contribution in [0.3, 0.4) is 0 Å². The van der Waals surface area contributed by atoms with E-state index in [4.69, 9.17) is 0 Å². The average molecular weight is 465 g/mol. The molecule has 0 radical (unpaired) electrons. The molecule has 0 unspecified atom stereocenters. The second-order valence-corrected chi connectivity index (χ2v) is 12.0. The van der Waals surface area contributed by atoms with Gasteiger partial charge in [-0.1, -0.05) is 12.5 Å². The molecule has 1 aromatic heterocycles. The molecular weight excluding hydrogens is 448 g/mol. The lowest BCUT2D eigenvalue weighted by atomic mass is 10.2. The number of benzene rings is 1. The van der Waals surface area contributed by atoms with Crippen LogP contribution in [0.4, 0.5) is 5.69 Å². The van der Waals surface area contributed by atoms with Crippen LogP contribution in [0.5, 0.6) is 0 Å². The molecule has 1 N–H and O–H groups in total. The highest BCUT2D eigenvalue weighted by Crippen LogP contribution is 2.28. The third-order valence-corrected chi connectivity index (χ3v) is 9.24. The summed E-state index contributed by atoms with van der Waals surface area (Å²) in [6, 6.07) is 9.07. The maximum absolute atomic E-state index is 12.7. The molecule has 0 aliphatic carbocycles. The highest BCUT2D eigenvalue weighted by Gasteiger charge is 2.26. The molecule has 1 aromatic carbocycles. The number of piperidine rings is 1. The van der Waals surface area contributed by atoms with E-state index in [9.17, 15) is 16.8 Å². The molecule has 6 nitrogen and oxygen atoms in total. The Morgan fingerprint density at radius 3 is 2.36 bits per heavy atom. The summed E-state index contributed by atoms with van der Waals surface area (Å²) in [6.45, 7) is 1.00. The minimum Gasteiger partial charge on any atom is -0.279 e. The first-order valence-corrected chi connectivity index (χ1v) is 12.2. The molecule has 0 amide bonds. The van der Waals surface area contributed by atoms with Crippen LogP contribution in [0, 0.1) is 0 Å². The van der Waals surface area contributed by atoms with Crippen LogP contribution in [0.25, 0.3) is 0 Å². The highest BCUT2D eigenvalue weighted by molar-refractivity contribution is 9.11. The molecule has 0 spiro atoms. The van der Waals surface area contributed by atoms with E-state index in [1.54, 1.807) is 12.1 Å². The summed E-state index contributed by atoms with van der Waals surface area (Å²) in [6.07, 6.45) is 2.72. The first-order chi connectivity index (χ1) is 11.8. The van der Waals surface area contributed by atoms with E-state index < -0.39 is 20.0 Å². The van der Waals surface area contributed by atoms with Gasteiger partial charge in [-0.3, -0.25) is 4.72 Å². The lowest BCUT2D eigenvalue weighted by molar-refractivity contribution is 0.346. The van der Waals surface area contributed by atoms with Gasteiger partial charge < -0.3 is 0 Å². The van der Waals surface area contributed by atoms with Crippen LogP contribution in [-0.4, -0.2) is 34.2 Å². The molecule has 0 saturated carbocycles. The molecular formula is C15H17BrN2O4S3. The summed E-state index contributed by atoms with van der Waals surface area (Å²) in [5, 5.41) is 0. The van der Waals surface area contributed by atoms with Crippen molar-refractivity contribution in [3.8, 4) is 0 Å². The zero-order chi connectivity index (χ0) is 18.1. The van der Waals surface area contributed by atoms with Crippen molar-refractivity contribution in [2.75, 3.05) is 17.8 Å².